The molecule has 3 aromatic rings. The monoisotopic (exact) mass is 428 g/mol. The molecule has 0 aliphatic carbocycles. The first-order valence-corrected chi connectivity index (χ1v) is 8.30. The Balaban J connectivity index is 0.00000140. The summed E-state index contributed by atoms with van der Waals surface area (Å²) in [4.78, 5) is 22.1. The van der Waals surface area contributed by atoms with Gasteiger partial charge in [-0.3, -0.25) is 14.9 Å². The van der Waals surface area contributed by atoms with Crippen molar-refractivity contribution in [2.45, 2.75) is 25.4 Å². The van der Waals surface area contributed by atoms with E-state index in [9.17, 15) is 4.79 Å². The number of rotatable bonds is 3. The maximum absolute atomic E-state index is 15.3. The first kappa shape index (κ1) is 21.8. The molecule has 0 spiro atoms. The van der Waals surface area contributed by atoms with Gasteiger partial charge in [0.15, 0.2) is 5.67 Å². The lowest BCUT2D eigenvalue weighted by Crippen LogP contribution is -2.43. The van der Waals surface area contributed by atoms with Crippen molar-refractivity contribution in [1.29, 1.82) is 0 Å². The molecule has 0 atom stereocenters. The smallest absolute Gasteiger partial charge is 0.274 e. The minimum atomic E-state index is -1.74. The molecule has 28 heavy (non-hydrogen) atoms. The van der Waals surface area contributed by atoms with Gasteiger partial charge in [0.05, 0.1) is 0 Å². The number of aryl methyl sites for hydroxylation is 1. The Labute approximate surface area is 172 Å². The van der Waals surface area contributed by atoms with Crippen molar-refractivity contribution in [3.8, 4) is 11.4 Å². The number of aromatic amines is 1. The second-order valence-corrected chi connectivity index (χ2v) is 6.35. The maximum Gasteiger partial charge on any atom is 0.274 e. The number of H-pyrrole nitrogens is 1. The number of nitrogens with zero attached hydrogens (tertiary/aromatic N) is 5. The van der Waals surface area contributed by atoms with Crippen LogP contribution in [0, 0.1) is 6.92 Å². The van der Waals surface area contributed by atoms with Crippen LogP contribution in [-0.4, -0.2) is 49.2 Å². The molecule has 0 saturated carbocycles. The Kier molecular flexibility index (Phi) is 6.73. The third-order valence-corrected chi connectivity index (χ3v) is 4.52. The van der Waals surface area contributed by atoms with Gasteiger partial charge < -0.3 is 9.42 Å². The van der Waals surface area contributed by atoms with Gasteiger partial charge in [-0.15, -0.1) is 24.8 Å². The Morgan fingerprint density at radius 3 is 2.54 bits per heavy atom. The van der Waals surface area contributed by atoms with E-state index in [1.807, 2.05) is 6.92 Å². The lowest BCUT2D eigenvalue weighted by molar-refractivity contribution is 0.0246. The molecule has 1 fully saturated rings. The summed E-state index contributed by atoms with van der Waals surface area (Å²) in [6, 6.07) is 5.14. The summed E-state index contributed by atoms with van der Waals surface area (Å²) in [5, 5.41) is 10.6. The lowest BCUT2D eigenvalue weighted by atomic mass is 9.93. The average Bonchev–Trinajstić information content (AvgIpc) is 3.32. The van der Waals surface area contributed by atoms with Crippen LogP contribution in [0.25, 0.3) is 11.4 Å². The molecular weight excluding hydrogens is 410 g/mol. The van der Waals surface area contributed by atoms with E-state index in [2.05, 4.69) is 25.3 Å². The number of aromatic nitrogens is 5. The first-order chi connectivity index (χ1) is 12.5. The van der Waals surface area contributed by atoms with Crippen LogP contribution in [0.4, 0.5) is 4.39 Å². The Morgan fingerprint density at radius 2 is 1.93 bits per heavy atom. The van der Waals surface area contributed by atoms with Crippen LogP contribution in [0.5, 0.6) is 0 Å². The molecule has 0 radical (unpaired) electrons. The molecule has 11 heteroatoms. The van der Waals surface area contributed by atoms with Crippen LogP contribution in [0.15, 0.2) is 35.1 Å². The highest BCUT2D eigenvalue weighted by molar-refractivity contribution is 5.92. The fourth-order valence-electron chi connectivity index (χ4n) is 2.99. The van der Waals surface area contributed by atoms with Gasteiger partial charge >= 0.3 is 0 Å². The van der Waals surface area contributed by atoms with Gasteiger partial charge in [0.1, 0.15) is 5.69 Å². The van der Waals surface area contributed by atoms with Crippen LogP contribution >= 0.6 is 24.8 Å². The van der Waals surface area contributed by atoms with Crippen molar-refractivity contribution >= 4 is 30.7 Å². The van der Waals surface area contributed by atoms with Crippen molar-refractivity contribution in [3.63, 3.8) is 0 Å². The second kappa shape index (κ2) is 8.66. The van der Waals surface area contributed by atoms with Crippen molar-refractivity contribution in [2.24, 2.45) is 0 Å². The van der Waals surface area contributed by atoms with E-state index in [-0.39, 0.29) is 62.5 Å². The fourth-order valence-corrected chi connectivity index (χ4v) is 2.99. The predicted octanol–water partition coefficient (Wildman–Crippen LogP) is 3.11. The topological polar surface area (TPSA) is 101 Å². The van der Waals surface area contributed by atoms with E-state index >= 15 is 4.39 Å². The number of hydrogen-bond donors (Lipinski definition) is 1. The van der Waals surface area contributed by atoms with E-state index < -0.39 is 5.67 Å². The van der Waals surface area contributed by atoms with Gasteiger partial charge in [-0.1, -0.05) is 5.16 Å². The zero-order valence-electron chi connectivity index (χ0n) is 15.0. The molecule has 8 nitrogen and oxygen atoms in total. The molecule has 1 amide bonds. The summed E-state index contributed by atoms with van der Waals surface area (Å²) in [5.74, 6) is 0.0661. The number of hydrogen-bond acceptors (Lipinski definition) is 6. The van der Waals surface area contributed by atoms with Gasteiger partial charge in [0.25, 0.3) is 11.8 Å². The lowest BCUT2D eigenvalue weighted by Gasteiger charge is -2.33. The number of carbonyl (C=O) groups is 1. The molecule has 1 aliphatic rings. The molecule has 3 aromatic heterocycles. The van der Waals surface area contributed by atoms with Crippen molar-refractivity contribution < 1.29 is 13.7 Å². The van der Waals surface area contributed by atoms with E-state index in [0.29, 0.717) is 17.1 Å². The number of piperidine rings is 1. The number of nitrogens with one attached hydrogen (secondary N) is 1. The SMILES string of the molecule is Cc1cc(C(=O)N2CCC(F)(c3nc(-c4ccncc4)no3)CC2)n[nH]1.Cl.Cl. The Hall–Kier alpha value is -2.52. The van der Waals surface area contributed by atoms with Crippen LogP contribution < -0.4 is 0 Å². The highest BCUT2D eigenvalue weighted by Crippen LogP contribution is 2.37. The minimum Gasteiger partial charge on any atom is -0.337 e. The Morgan fingerprint density at radius 1 is 1.25 bits per heavy atom. The van der Waals surface area contributed by atoms with Crippen LogP contribution in [0.1, 0.15) is 34.9 Å². The molecule has 4 heterocycles. The summed E-state index contributed by atoms with van der Waals surface area (Å²) in [5.41, 5.74) is 0.114. The van der Waals surface area contributed by atoms with Gasteiger partial charge in [-0.25, -0.2) is 4.39 Å². The number of carbonyl (C=O) groups excluding carboxylic acids is 1. The molecule has 0 unspecified atom stereocenters. The zero-order valence-corrected chi connectivity index (χ0v) is 16.6. The number of pyridine rings is 1. The zero-order chi connectivity index (χ0) is 18.1. The van der Waals surface area contributed by atoms with Gasteiger partial charge in [-0.2, -0.15) is 10.1 Å². The summed E-state index contributed by atoms with van der Waals surface area (Å²) in [6.07, 6.45) is 3.41. The molecule has 0 aromatic carbocycles. The second-order valence-electron chi connectivity index (χ2n) is 6.35. The molecule has 1 N–H and O–H groups in total. The third-order valence-electron chi connectivity index (χ3n) is 4.52. The van der Waals surface area contributed by atoms with Crippen molar-refractivity contribution in [3.05, 3.63) is 47.9 Å². The van der Waals surface area contributed by atoms with E-state index in [1.54, 1.807) is 35.5 Å². The standard InChI is InChI=1S/C17H17FN6O2.2ClH/c1-11-10-13(22-21-11)15(25)24-8-4-17(18,5-9-24)16-20-14(23-26-16)12-2-6-19-7-3-12;;/h2-3,6-7,10H,4-5,8-9H2,1H3,(H,21,22);2*1H. The minimum absolute atomic E-state index is 0. The molecule has 0 bridgehead atoms. The van der Waals surface area contributed by atoms with Crippen molar-refractivity contribution in [1.82, 2.24) is 30.2 Å². The van der Waals surface area contributed by atoms with E-state index in [4.69, 9.17) is 4.52 Å². The average molecular weight is 429 g/mol. The van der Waals surface area contributed by atoms with Crippen LogP contribution in [0.2, 0.25) is 0 Å². The molecular formula is C17H19Cl2FN6O2. The number of amides is 1. The molecule has 150 valence electrons. The quantitative estimate of drug-likeness (QED) is 0.687. The summed E-state index contributed by atoms with van der Waals surface area (Å²) in [7, 11) is 0. The fraction of sp³-hybridized carbons (Fsp3) is 0.353. The number of alkyl halides is 1. The normalized spacial score (nSPS) is 15.4. The van der Waals surface area contributed by atoms with Gasteiger partial charge in [0, 0.05) is 49.6 Å². The molecule has 4 rings (SSSR count). The first-order valence-electron chi connectivity index (χ1n) is 8.30. The summed E-state index contributed by atoms with van der Waals surface area (Å²) >= 11 is 0. The van der Waals surface area contributed by atoms with Crippen molar-refractivity contribution in [2.75, 3.05) is 13.1 Å². The highest BCUT2D eigenvalue weighted by atomic mass is 35.5. The molecule has 1 saturated heterocycles. The molecule has 1 aliphatic heterocycles. The summed E-state index contributed by atoms with van der Waals surface area (Å²) < 4.78 is 20.5. The highest BCUT2D eigenvalue weighted by Gasteiger charge is 2.42. The largest absolute Gasteiger partial charge is 0.337 e. The predicted molar refractivity (Wildman–Crippen MR) is 103 cm³/mol. The Bertz CT molecular complexity index is 925. The van der Waals surface area contributed by atoms with Crippen LogP contribution in [0.3, 0.4) is 0 Å². The van der Waals surface area contributed by atoms with Gasteiger partial charge in [0.2, 0.25) is 5.82 Å². The number of halogens is 3. The van der Waals surface area contributed by atoms with E-state index in [1.165, 1.54) is 0 Å². The maximum atomic E-state index is 15.3. The third kappa shape index (κ3) is 4.15. The van der Waals surface area contributed by atoms with E-state index in [0.717, 1.165) is 5.69 Å². The van der Waals surface area contributed by atoms with Crippen LogP contribution in [-0.2, 0) is 5.67 Å². The van der Waals surface area contributed by atoms with Gasteiger partial charge in [-0.05, 0) is 25.1 Å². The number of likely N-dealkylation sites (tertiary alicyclic amines) is 1. The summed E-state index contributed by atoms with van der Waals surface area (Å²) in [6.45, 7) is 2.34.